The number of carbonyl (C=O) groups is 4. The second kappa shape index (κ2) is 25.6. The van der Waals surface area contributed by atoms with Crippen molar-refractivity contribution < 1.29 is 24.3 Å². The van der Waals surface area contributed by atoms with Gasteiger partial charge >= 0.3 is 6.03 Å². The van der Waals surface area contributed by atoms with Crippen LogP contribution in [0.2, 0.25) is 0 Å². The van der Waals surface area contributed by atoms with E-state index >= 15 is 0 Å². The average Bonchev–Trinajstić information content (AvgIpc) is 3.85. The molecule has 2 aliphatic rings. The molecule has 0 aromatic carbocycles. The number of fused-ring (bicyclic) bond motifs is 1. The molecule has 4 atom stereocenters. The Morgan fingerprint density at radius 1 is 0.667 bits per heavy atom. The van der Waals surface area contributed by atoms with Crippen molar-refractivity contribution in [3.8, 4) is 0 Å². The van der Waals surface area contributed by atoms with Crippen LogP contribution in [0.25, 0.3) is 0 Å². The Labute approximate surface area is 374 Å². The molecular weight excluding hydrogens is 819 g/mol. The van der Waals surface area contributed by atoms with Crippen molar-refractivity contribution in [3.05, 3.63) is 120 Å². The highest BCUT2D eigenvalue weighted by Crippen LogP contribution is 2.33. The minimum atomic E-state index is -0.703. The summed E-state index contributed by atoms with van der Waals surface area (Å²) in [6, 6.07) is 21.3. The fourth-order valence-electron chi connectivity index (χ4n) is 7.81. The number of carbonyl (C=O) groups excluding carboxylic acids is 4. The molecule has 1 unspecified atom stereocenters. The largest absolute Gasteiger partial charge is 0.390 e. The van der Waals surface area contributed by atoms with Crippen molar-refractivity contribution >= 4 is 35.5 Å². The number of hydrogen-bond acceptors (Lipinski definition) is 12. The van der Waals surface area contributed by atoms with Gasteiger partial charge in [-0.3, -0.25) is 44.1 Å². The van der Waals surface area contributed by atoms with Crippen LogP contribution in [0.5, 0.6) is 0 Å². The predicted octanol–water partition coefficient (Wildman–Crippen LogP) is 3.58. The smallest absolute Gasteiger partial charge is 0.315 e. The van der Waals surface area contributed by atoms with Gasteiger partial charge in [0.15, 0.2) is 0 Å². The Morgan fingerprint density at radius 3 is 1.78 bits per heavy atom. The molecule has 0 bridgehead atoms. The van der Waals surface area contributed by atoms with Gasteiger partial charge < -0.3 is 31.7 Å². The lowest BCUT2D eigenvalue weighted by atomic mass is 10.0. The first-order chi connectivity index (χ1) is 30.8. The normalized spacial score (nSPS) is 17.2. The molecule has 17 heteroatoms. The molecule has 16 nitrogen and oxygen atoms in total. The van der Waals surface area contributed by atoms with Crippen LogP contribution >= 0.6 is 11.8 Å². The van der Waals surface area contributed by atoms with Crippen molar-refractivity contribution in [3.63, 3.8) is 0 Å². The number of hydrogen-bond donors (Lipinski definition) is 6. The summed E-state index contributed by atoms with van der Waals surface area (Å²) >= 11 is 1.89. The average molecular weight is 880 g/mol. The first-order valence-corrected chi connectivity index (χ1v) is 23.1. The van der Waals surface area contributed by atoms with Crippen LogP contribution in [0.3, 0.4) is 0 Å². The van der Waals surface area contributed by atoms with Crippen LogP contribution in [-0.4, -0.2) is 121 Å². The van der Waals surface area contributed by atoms with E-state index in [1.165, 1.54) is 0 Å². The Morgan fingerprint density at radius 2 is 1.22 bits per heavy atom. The highest BCUT2D eigenvalue weighted by Gasteiger charge is 2.42. The summed E-state index contributed by atoms with van der Waals surface area (Å²) in [5.74, 6) is 0.639. The van der Waals surface area contributed by atoms with E-state index in [1.54, 1.807) is 30.9 Å². The molecule has 336 valence electrons. The quantitative estimate of drug-likeness (QED) is 0.0376. The number of urea groups is 1. The molecular formula is C46H61N11O5S. The van der Waals surface area contributed by atoms with E-state index in [0.29, 0.717) is 82.4 Å². The summed E-state index contributed by atoms with van der Waals surface area (Å²) in [5, 5.41) is 26.5. The van der Waals surface area contributed by atoms with Crippen LogP contribution < -0.4 is 26.6 Å². The minimum absolute atomic E-state index is 0.0538. The van der Waals surface area contributed by atoms with Gasteiger partial charge in [-0.25, -0.2) is 4.79 Å². The van der Waals surface area contributed by atoms with Crippen molar-refractivity contribution in [2.45, 2.75) is 101 Å². The monoisotopic (exact) mass is 879 g/mol. The summed E-state index contributed by atoms with van der Waals surface area (Å²) in [6.45, 7) is 3.97. The van der Waals surface area contributed by atoms with Gasteiger partial charge in [0.05, 0.1) is 46.5 Å². The maximum Gasteiger partial charge on any atom is 0.315 e. The van der Waals surface area contributed by atoms with Gasteiger partial charge in [0.2, 0.25) is 11.8 Å². The lowest BCUT2D eigenvalue weighted by Crippen LogP contribution is -2.40. The lowest BCUT2D eigenvalue weighted by molar-refractivity contribution is -0.122. The SMILES string of the molecule is O=C(CCCC[C@@H]1SC[C@@H]2NC(=O)N[C@@H]21)NCCCCCC(=O)NCCNC(=O)c1ccc(CN(Cc2ccccn2)CC(O)CN(Cc2ccccn2)Cc2ccccn2)nc1. The molecule has 4 aromatic heterocycles. The molecule has 2 saturated heterocycles. The third kappa shape index (κ3) is 16.6. The molecule has 63 heavy (non-hydrogen) atoms. The van der Waals surface area contributed by atoms with E-state index in [1.807, 2.05) is 72.4 Å². The fourth-order valence-corrected chi connectivity index (χ4v) is 9.36. The molecule has 0 spiro atoms. The number of pyridine rings is 4. The highest BCUT2D eigenvalue weighted by molar-refractivity contribution is 8.00. The molecule has 6 N–H and O–H groups in total. The molecule has 2 aliphatic heterocycles. The number of rotatable bonds is 27. The number of thioether (sulfide) groups is 1. The minimum Gasteiger partial charge on any atom is -0.390 e. The number of aliphatic hydroxyl groups is 1. The second-order valence-electron chi connectivity index (χ2n) is 16.1. The summed E-state index contributed by atoms with van der Waals surface area (Å²) in [7, 11) is 0. The maximum atomic E-state index is 12.9. The van der Waals surface area contributed by atoms with Gasteiger partial charge in [0.25, 0.3) is 5.91 Å². The molecule has 6 heterocycles. The number of nitrogens with one attached hydrogen (secondary N) is 5. The Hall–Kier alpha value is -5.49. The zero-order valence-electron chi connectivity index (χ0n) is 35.9. The lowest BCUT2D eigenvalue weighted by Gasteiger charge is -2.29. The first kappa shape index (κ1) is 47.0. The van der Waals surface area contributed by atoms with Gasteiger partial charge in [-0.1, -0.05) is 31.0 Å². The Kier molecular flexibility index (Phi) is 19.1. The van der Waals surface area contributed by atoms with E-state index in [9.17, 15) is 24.3 Å². The standard InChI is InChI=1S/C46H61N11O5S/c58-39(31-56(27-35-12-5-9-20-47-35)28-36-13-6-10-21-48-36)32-57(29-37-14-7-11-22-49-37)30-38-19-18-34(26-53-38)45(61)52-25-24-51-43(60)16-2-1-8-23-50-42(59)17-4-3-15-41-44-40(33-63-41)54-46(62)55-44/h5-7,9-14,18-22,26,39-41,44,58H,1-4,8,15-17,23-25,27-33H2,(H,50,59)(H,51,60)(H,52,61)(H2,54,55,62)/t39?,40-,41-,44-/m0/s1. The van der Waals surface area contributed by atoms with Gasteiger partial charge in [-0.05, 0) is 74.2 Å². The highest BCUT2D eigenvalue weighted by atomic mass is 32.2. The molecule has 6 rings (SSSR count). The Bertz CT molecular complexity index is 1960. The van der Waals surface area contributed by atoms with Crippen LogP contribution in [0, 0.1) is 0 Å². The van der Waals surface area contributed by atoms with Gasteiger partial charge in [-0.15, -0.1) is 0 Å². The van der Waals surface area contributed by atoms with Crippen molar-refractivity contribution in [1.82, 2.24) is 56.3 Å². The van der Waals surface area contributed by atoms with Gasteiger partial charge in [0, 0.05) is 108 Å². The molecule has 0 saturated carbocycles. The van der Waals surface area contributed by atoms with Gasteiger partial charge in [0.1, 0.15) is 0 Å². The van der Waals surface area contributed by atoms with Crippen molar-refractivity contribution in [2.75, 3.05) is 38.5 Å². The molecule has 0 radical (unpaired) electrons. The number of nitrogens with zero attached hydrogens (tertiary/aromatic N) is 6. The summed E-state index contributed by atoms with van der Waals surface area (Å²) in [5.41, 5.74) is 3.83. The third-order valence-electron chi connectivity index (χ3n) is 11.0. The van der Waals surface area contributed by atoms with Crippen molar-refractivity contribution in [2.24, 2.45) is 0 Å². The first-order valence-electron chi connectivity index (χ1n) is 22.0. The molecule has 5 amide bonds. The topological polar surface area (TPSA) is 207 Å². The third-order valence-corrected chi connectivity index (χ3v) is 12.5. The van der Waals surface area contributed by atoms with Crippen LogP contribution in [0.4, 0.5) is 4.79 Å². The second-order valence-corrected chi connectivity index (χ2v) is 17.4. The zero-order valence-corrected chi connectivity index (χ0v) is 36.7. The van der Waals surface area contributed by atoms with E-state index in [0.717, 1.165) is 60.6 Å². The van der Waals surface area contributed by atoms with Gasteiger partial charge in [-0.2, -0.15) is 11.8 Å². The summed E-state index contributed by atoms with van der Waals surface area (Å²) < 4.78 is 0. The fraction of sp³-hybridized carbons (Fsp3) is 0.478. The van der Waals surface area contributed by atoms with E-state index in [2.05, 4.69) is 56.3 Å². The van der Waals surface area contributed by atoms with E-state index in [4.69, 9.17) is 0 Å². The Balaban J connectivity index is 0.848. The number of aliphatic hydroxyl groups excluding tert-OH is 1. The van der Waals surface area contributed by atoms with E-state index < -0.39 is 6.10 Å². The van der Waals surface area contributed by atoms with Crippen molar-refractivity contribution in [1.29, 1.82) is 0 Å². The number of unbranched alkanes of at least 4 members (excludes halogenated alkanes) is 3. The van der Waals surface area contributed by atoms with Crippen LogP contribution in [-0.2, 0) is 35.8 Å². The zero-order chi connectivity index (χ0) is 44.1. The van der Waals surface area contributed by atoms with Crippen LogP contribution in [0.15, 0.2) is 91.5 Å². The summed E-state index contributed by atoms with van der Waals surface area (Å²) in [4.78, 5) is 71.4. The number of aromatic nitrogens is 4. The predicted molar refractivity (Wildman–Crippen MR) is 242 cm³/mol. The maximum absolute atomic E-state index is 12.9. The molecule has 2 fully saturated rings. The van der Waals surface area contributed by atoms with E-state index in [-0.39, 0.29) is 42.4 Å². The molecule has 4 aromatic rings. The summed E-state index contributed by atoms with van der Waals surface area (Å²) in [6.07, 6.45) is 12.1. The molecule has 0 aliphatic carbocycles. The van der Waals surface area contributed by atoms with Crippen LogP contribution in [0.1, 0.15) is 84.5 Å². The number of amides is 5.